The monoisotopic (exact) mass is 257 g/mol. The molecule has 1 aromatic heterocycles. The van der Waals surface area contributed by atoms with Crippen molar-refractivity contribution in [2.45, 2.75) is 33.6 Å². The summed E-state index contributed by atoms with van der Waals surface area (Å²) in [7, 11) is 1.99. The van der Waals surface area contributed by atoms with Crippen LogP contribution < -0.4 is 5.32 Å². The first-order valence-corrected chi connectivity index (χ1v) is 6.82. The van der Waals surface area contributed by atoms with Crippen LogP contribution in [0.3, 0.4) is 0 Å². The van der Waals surface area contributed by atoms with Crippen molar-refractivity contribution in [3.63, 3.8) is 0 Å². The molecule has 0 aliphatic carbocycles. The molecule has 19 heavy (non-hydrogen) atoms. The molecule has 0 spiro atoms. The number of aromatic nitrogens is 2. The van der Waals surface area contributed by atoms with Crippen LogP contribution in [0.25, 0.3) is 5.69 Å². The van der Waals surface area contributed by atoms with E-state index in [1.807, 2.05) is 7.05 Å². The number of likely N-dealkylation sites (N-methyl/N-ethyl adjacent to an activating group) is 1. The molecule has 0 radical (unpaired) electrons. The normalized spacial score (nSPS) is 12.7. The Morgan fingerprint density at radius 1 is 1.16 bits per heavy atom. The van der Waals surface area contributed by atoms with Crippen LogP contribution in [0.15, 0.2) is 24.3 Å². The summed E-state index contributed by atoms with van der Waals surface area (Å²) in [5, 5.41) is 7.94. The molecule has 1 atom stereocenters. The van der Waals surface area contributed by atoms with E-state index in [4.69, 9.17) is 5.10 Å². The fourth-order valence-corrected chi connectivity index (χ4v) is 2.71. The molecule has 0 saturated heterocycles. The fraction of sp³-hybridized carbons (Fsp3) is 0.438. The van der Waals surface area contributed by atoms with Crippen LogP contribution in [0, 0.1) is 20.8 Å². The Kier molecular flexibility index (Phi) is 4.05. The van der Waals surface area contributed by atoms with E-state index in [0.717, 1.165) is 17.9 Å². The average molecular weight is 257 g/mol. The Hall–Kier alpha value is -1.61. The minimum atomic E-state index is 0.476. The number of rotatable bonds is 4. The van der Waals surface area contributed by atoms with Crippen LogP contribution in [0.1, 0.15) is 35.4 Å². The van der Waals surface area contributed by atoms with Crippen LogP contribution in [0.2, 0.25) is 0 Å². The molecule has 2 aromatic rings. The topological polar surface area (TPSA) is 29.9 Å². The van der Waals surface area contributed by atoms with Crippen LogP contribution in [-0.2, 0) is 0 Å². The van der Waals surface area contributed by atoms with Gasteiger partial charge in [0.1, 0.15) is 0 Å². The summed E-state index contributed by atoms with van der Waals surface area (Å²) in [5.41, 5.74) is 6.13. The van der Waals surface area contributed by atoms with E-state index in [2.05, 4.69) is 62.0 Å². The maximum Gasteiger partial charge on any atom is 0.0649 e. The van der Waals surface area contributed by atoms with Crippen LogP contribution in [0.5, 0.6) is 0 Å². The molecule has 0 amide bonds. The van der Waals surface area contributed by atoms with Gasteiger partial charge in [0.15, 0.2) is 0 Å². The van der Waals surface area contributed by atoms with Gasteiger partial charge in [-0.1, -0.05) is 24.6 Å². The number of aryl methyl sites for hydroxylation is 2. The summed E-state index contributed by atoms with van der Waals surface area (Å²) in [6.45, 7) is 9.57. The molecule has 0 fully saturated rings. The first kappa shape index (κ1) is 13.8. The van der Waals surface area contributed by atoms with Gasteiger partial charge in [-0.05, 0) is 45.9 Å². The Balaban J connectivity index is 2.43. The minimum absolute atomic E-state index is 0.476. The molecule has 0 bridgehead atoms. The first-order chi connectivity index (χ1) is 9.04. The van der Waals surface area contributed by atoms with E-state index in [1.165, 1.54) is 16.8 Å². The molecule has 0 aliphatic rings. The molecule has 0 saturated carbocycles. The predicted molar refractivity (Wildman–Crippen MR) is 80.1 cm³/mol. The Morgan fingerprint density at radius 3 is 2.37 bits per heavy atom. The molecule has 1 heterocycles. The van der Waals surface area contributed by atoms with Crippen molar-refractivity contribution < 1.29 is 0 Å². The van der Waals surface area contributed by atoms with Crippen molar-refractivity contribution in [3.05, 3.63) is 46.8 Å². The van der Waals surface area contributed by atoms with Gasteiger partial charge in [-0.3, -0.25) is 0 Å². The number of nitrogens with zero attached hydrogens (tertiary/aromatic N) is 2. The average Bonchev–Trinajstić information content (AvgIpc) is 2.66. The number of hydrogen-bond acceptors (Lipinski definition) is 2. The van der Waals surface area contributed by atoms with Crippen molar-refractivity contribution >= 4 is 0 Å². The number of benzene rings is 1. The summed E-state index contributed by atoms with van der Waals surface area (Å²) in [4.78, 5) is 0. The Bertz CT molecular complexity index is 552. The van der Waals surface area contributed by atoms with E-state index in [-0.39, 0.29) is 0 Å². The highest BCUT2D eigenvalue weighted by Gasteiger charge is 2.17. The predicted octanol–water partition coefficient (Wildman–Crippen LogP) is 3.12. The van der Waals surface area contributed by atoms with E-state index >= 15 is 0 Å². The van der Waals surface area contributed by atoms with E-state index in [0.29, 0.717) is 5.92 Å². The standard InChI is InChI=1S/C16H23N3/c1-11-6-8-15(9-7-11)19-14(4)16(13(3)18-19)12(2)10-17-5/h6-9,12,17H,10H2,1-5H3. The lowest BCUT2D eigenvalue weighted by atomic mass is 9.99. The SMILES string of the molecule is CNCC(C)c1c(C)nn(-c2ccc(C)cc2)c1C. The molecule has 1 unspecified atom stereocenters. The van der Waals surface area contributed by atoms with E-state index < -0.39 is 0 Å². The third kappa shape index (κ3) is 2.71. The maximum absolute atomic E-state index is 4.70. The largest absolute Gasteiger partial charge is 0.319 e. The highest BCUT2D eigenvalue weighted by molar-refractivity contribution is 5.39. The minimum Gasteiger partial charge on any atom is -0.319 e. The second-order valence-corrected chi connectivity index (χ2v) is 5.29. The van der Waals surface area contributed by atoms with Gasteiger partial charge in [0, 0.05) is 17.8 Å². The second kappa shape index (κ2) is 5.57. The van der Waals surface area contributed by atoms with Crippen molar-refractivity contribution in [3.8, 4) is 5.69 Å². The second-order valence-electron chi connectivity index (χ2n) is 5.29. The van der Waals surface area contributed by atoms with Gasteiger partial charge in [-0.25, -0.2) is 4.68 Å². The highest BCUT2D eigenvalue weighted by atomic mass is 15.3. The van der Waals surface area contributed by atoms with Crippen LogP contribution in [0.4, 0.5) is 0 Å². The molecule has 0 aliphatic heterocycles. The number of nitrogens with one attached hydrogen (secondary N) is 1. The van der Waals surface area contributed by atoms with Gasteiger partial charge >= 0.3 is 0 Å². The lowest BCUT2D eigenvalue weighted by Gasteiger charge is -2.12. The van der Waals surface area contributed by atoms with E-state index in [1.54, 1.807) is 0 Å². The fourth-order valence-electron chi connectivity index (χ4n) is 2.71. The van der Waals surface area contributed by atoms with E-state index in [9.17, 15) is 0 Å². The summed E-state index contributed by atoms with van der Waals surface area (Å²) in [5.74, 6) is 0.476. The molecular weight excluding hydrogens is 234 g/mol. The van der Waals surface area contributed by atoms with Crippen LogP contribution >= 0.6 is 0 Å². The Morgan fingerprint density at radius 2 is 1.79 bits per heavy atom. The molecule has 1 aromatic carbocycles. The Labute approximate surface area is 115 Å². The zero-order chi connectivity index (χ0) is 14.0. The van der Waals surface area contributed by atoms with Crippen molar-refractivity contribution in [1.82, 2.24) is 15.1 Å². The van der Waals surface area contributed by atoms with Gasteiger partial charge < -0.3 is 5.32 Å². The van der Waals surface area contributed by atoms with Gasteiger partial charge in [0.25, 0.3) is 0 Å². The molecule has 3 heteroatoms. The highest BCUT2D eigenvalue weighted by Crippen LogP contribution is 2.25. The third-order valence-corrected chi connectivity index (χ3v) is 3.63. The summed E-state index contributed by atoms with van der Waals surface area (Å²) >= 11 is 0. The van der Waals surface area contributed by atoms with Crippen molar-refractivity contribution in [1.29, 1.82) is 0 Å². The van der Waals surface area contributed by atoms with Crippen molar-refractivity contribution in [2.75, 3.05) is 13.6 Å². The zero-order valence-electron chi connectivity index (χ0n) is 12.5. The van der Waals surface area contributed by atoms with Crippen LogP contribution in [-0.4, -0.2) is 23.4 Å². The number of hydrogen-bond donors (Lipinski definition) is 1. The maximum atomic E-state index is 4.70. The molecule has 1 N–H and O–H groups in total. The van der Waals surface area contributed by atoms with Gasteiger partial charge in [-0.15, -0.1) is 0 Å². The van der Waals surface area contributed by atoms with Gasteiger partial charge in [0.2, 0.25) is 0 Å². The summed E-state index contributed by atoms with van der Waals surface area (Å²) < 4.78 is 2.05. The lowest BCUT2D eigenvalue weighted by molar-refractivity contribution is 0.670. The first-order valence-electron chi connectivity index (χ1n) is 6.82. The smallest absolute Gasteiger partial charge is 0.0649 e. The summed E-state index contributed by atoms with van der Waals surface area (Å²) in [6, 6.07) is 8.51. The molecular formula is C16H23N3. The quantitative estimate of drug-likeness (QED) is 0.912. The molecule has 2 rings (SSSR count). The zero-order valence-corrected chi connectivity index (χ0v) is 12.5. The molecule has 3 nitrogen and oxygen atoms in total. The van der Waals surface area contributed by atoms with Crippen molar-refractivity contribution in [2.24, 2.45) is 0 Å². The summed E-state index contributed by atoms with van der Waals surface area (Å²) in [6.07, 6.45) is 0. The van der Waals surface area contributed by atoms with Gasteiger partial charge in [0.05, 0.1) is 11.4 Å². The van der Waals surface area contributed by atoms with Gasteiger partial charge in [-0.2, -0.15) is 5.10 Å². The lowest BCUT2D eigenvalue weighted by Crippen LogP contribution is -2.15. The third-order valence-electron chi connectivity index (χ3n) is 3.63. The molecule has 102 valence electrons.